The van der Waals surface area contributed by atoms with Gasteiger partial charge in [0.1, 0.15) is 34.7 Å². The van der Waals surface area contributed by atoms with Gasteiger partial charge in [-0.3, -0.25) is 19.3 Å². The first kappa shape index (κ1) is 32.8. The lowest BCUT2D eigenvalue weighted by Gasteiger charge is -2.46. The highest BCUT2D eigenvalue weighted by molar-refractivity contribution is 6.00. The molecule has 0 spiro atoms. The summed E-state index contributed by atoms with van der Waals surface area (Å²) in [5.41, 5.74) is 9.72. The Kier molecular flexibility index (Phi) is 9.11. The molecule has 4 aromatic rings. The number of rotatable bonds is 8. The quantitative estimate of drug-likeness (QED) is 0.201. The van der Waals surface area contributed by atoms with Crippen LogP contribution in [0.1, 0.15) is 38.3 Å². The Morgan fingerprint density at radius 3 is 2.53 bits per heavy atom. The molecule has 3 fully saturated rings. The van der Waals surface area contributed by atoms with Gasteiger partial charge >= 0.3 is 0 Å². The Bertz CT molecular complexity index is 1900. The van der Waals surface area contributed by atoms with Crippen LogP contribution in [0, 0.1) is 18.3 Å². The van der Waals surface area contributed by atoms with Crippen molar-refractivity contribution in [2.45, 2.75) is 51.2 Å². The number of amides is 1. The van der Waals surface area contributed by atoms with Crippen LogP contribution < -0.4 is 10.5 Å². The van der Waals surface area contributed by atoms with Crippen LogP contribution in [0.3, 0.4) is 0 Å². The molecular formula is C38H44N8O3. The predicted octanol–water partition coefficient (Wildman–Crippen LogP) is 5.19. The summed E-state index contributed by atoms with van der Waals surface area (Å²) in [7, 11) is 0. The summed E-state index contributed by atoms with van der Waals surface area (Å²) in [6.45, 7) is 12.5. The summed E-state index contributed by atoms with van der Waals surface area (Å²) in [4.78, 5) is 25.0. The number of ether oxygens (including phenoxy) is 2. The minimum atomic E-state index is -0.435. The van der Waals surface area contributed by atoms with Crippen LogP contribution in [0.15, 0.2) is 72.4 Å². The molecule has 0 saturated carbocycles. The third-order valence-corrected chi connectivity index (χ3v) is 10.2. The van der Waals surface area contributed by atoms with Crippen LogP contribution in [-0.2, 0) is 9.53 Å². The molecule has 11 nitrogen and oxygen atoms in total. The molecule has 3 aliphatic heterocycles. The number of carbonyl (C=O) groups is 1. The van der Waals surface area contributed by atoms with E-state index in [-0.39, 0.29) is 17.5 Å². The maximum Gasteiger partial charge on any atom is 0.264 e. The third-order valence-electron chi connectivity index (χ3n) is 10.2. The molecule has 1 amide bonds. The van der Waals surface area contributed by atoms with Gasteiger partial charge in [0.05, 0.1) is 36.2 Å². The van der Waals surface area contributed by atoms with Crippen molar-refractivity contribution in [2.75, 3.05) is 58.2 Å². The number of nitrogens with zero attached hydrogens (tertiary/aromatic N) is 7. The highest BCUT2D eigenvalue weighted by Crippen LogP contribution is 2.37. The van der Waals surface area contributed by atoms with Gasteiger partial charge in [0.15, 0.2) is 0 Å². The molecule has 2 N–H and O–H groups in total. The van der Waals surface area contributed by atoms with Crippen molar-refractivity contribution in [3.63, 3.8) is 0 Å². The van der Waals surface area contributed by atoms with E-state index >= 15 is 0 Å². The molecule has 11 heteroatoms. The number of aromatic nitrogens is 3. The number of fused-ring (bicyclic) bond motifs is 1. The summed E-state index contributed by atoms with van der Waals surface area (Å²) < 4.78 is 13.5. The number of pyridine rings is 1. The number of carbonyl (C=O) groups excluding carboxylic acids is 1. The largest absolute Gasteiger partial charge is 0.457 e. The second-order valence-corrected chi connectivity index (χ2v) is 13.9. The molecule has 2 aromatic heterocycles. The van der Waals surface area contributed by atoms with Crippen molar-refractivity contribution in [3.8, 4) is 28.8 Å². The number of benzene rings is 2. The van der Waals surface area contributed by atoms with E-state index in [1.807, 2.05) is 71.1 Å². The van der Waals surface area contributed by atoms with Gasteiger partial charge in [-0.2, -0.15) is 10.4 Å². The number of nitrogen functional groups attached to an aromatic ring is 1. The number of anilines is 1. The zero-order chi connectivity index (χ0) is 34.1. The Labute approximate surface area is 287 Å². The monoisotopic (exact) mass is 660 g/mol. The van der Waals surface area contributed by atoms with Crippen LogP contribution in [-0.4, -0.2) is 99.4 Å². The van der Waals surface area contributed by atoms with E-state index in [4.69, 9.17) is 20.3 Å². The van der Waals surface area contributed by atoms with E-state index < -0.39 is 5.54 Å². The van der Waals surface area contributed by atoms with E-state index in [2.05, 4.69) is 40.8 Å². The first-order chi connectivity index (χ1) is 23.7. The maximum absolute atomic E-state index is 13.9. The Balaban J connectivity index is 1.11. The number of aryl methyl sites for hydroxylation is 1. The third kappa shape index (κ3) is 6.64. The Morgan fingerprint density at radius 1 is 1.06 bits per heavy atom. The molecule has 1 atom stereocenters. The molecule has 254 valence electrons. The molecular weight excluding hydrogens is 616 g/mol. The van der Waals surface area contributed by atoms with Crippen LogP contribution in [0.5, 0.6) is 11.5 Å². The van der Waals surface area contributed by atoms with Crippen LogP contribution >= 0.6 is 0 Å². The van der Waals surface area contributed by atoms with Crippen LogP contribution in [0.4, 0.5) is 5.82 Å². The molecule has 7 rings (SSSR count). The predicted molar refractivity (Wildman–Crippen MR) is 189 cm³/mol. The number of piperidine rings is 1. The summed E-state index contributed by atoms with van der Waals surface area (Å²) >= 11 is 0. The van der Waals surface area contributed by atoms with Crippen molar-refractivity contribution in [3.05, 3.63) is 78.0 Å². The zero-order valence-electron chi connectivity index (χ0n) is 28.5. The zero-order valence-corrected chi connectivity index (χ0v) is 28.5. The number of para-hydroxylation sites is 1. The van der Waals surface area contributed by atoms with Crippen LogP contribution in [0.25, 0.3) is 22.2 Å². The molecule has 0 bridgehead atoms. The summed E-state index contributed by atoms with van der Waals surface area (Å²) in [6.07, 6.45) is 5.21. The molecule has 5 heterocycles. The van der Waals surface area contributed by atoms with Gasteiger partial charge in [0.2, 0.25) is 0 Å². The Hall–Kier alpha value is -4.76. The molecule has 0 unspecified atom stereocenters. The minimum absolute atomic E-state index is 0.0888. The summed E-state index contributed by atoms with van der Waals surface area (Å²) in [5, 5.41) is 16.1. The lowest BCUT2D eigenvalue weighted by Crippen LogP contribution is -2.59. The fourth-order valence-electron chi connectivity index (χ4n) is 7.31. The van der Waals surface area contributed by atoms with Gasteiger partial charge < -0.3 is 20.1 Å². The number of nitrogens with two attached hydrogens (primary N) is 1. The molecule has 49 heavy (non-hydrogen) atoms. The number of piperazine rings is 1. The Morgan fingerprint density at radius 2 is 1.84 bits per heavy atom. The first-order valence-electron chi connectivity index (χ1n) is 17.2. The topological polar surface area (TPSA) is 126 Å². The number of hydrogen-bond donors (Lipinski definition) is 1. The van der Waals surface area contributed by atoms with Crippen molar-refractivity contribution in [2.24, 2.45) is 0 Å². The lowest BCUT2D eigenvalue weighted by atomic mass is 9.96. The summed E-state index contributed by atoms with van der Waals surface area (Å²) in [5.74, 6) is 1.71. The highest BCUT2D eigenvalue weighted by atomic mass is 16.5. The average Bonchev–Trinajstić information content (AvgIpc) is 3.49. The van der Waals surface area contributed by atoms with Crippen LogP contribution in [0.2, 0.25) is 0 Å². The van der Waals surface area contributed by atoms with Crippen molar-refractivity contribution in [1.29, 1.82) is 5.26 Å². The van der Waals surface area contributed by atoms with E-state index in [1.54, 1.807) is 6.20 Å². The molecule has 0 radical (unpaired) electrons. The first-order valence-corrected chi connectivity index (χ1v) is 17.2. The smallest absolute Gasteiger partial charge is 0.264 e. The van der Waals surface area contributed by atoms with E-state index in [9.17, 15) is 10.1 Å². The van der Waals surface area contributed by atoms with Gasteiger partial charge in [0, 0.05) is 56.6 Å². The van der Waals surface area contributed by atoms with Gasteiger partial charge in [-0.05, 0) is 81.7 Å². The molecule has 2 aromatic carbocycles. The molecule has 3 saturated heterocycles. The fraction of sp³-hybridized carbons (Fsp3) is 0.421. The standard InChI is InChI=1S/C38H44N8O3/c1-26-20-27(11-12-33(26)49-31-9-5-4-6-10-31)35-34-32(13-14-41-36(34)40)46(42-35)29-8-7-15-44(23-29)37(47)28(22-39)21-38(2,3)45-18-16-43(17-19-45)30-24-48-25-30/h4-6,9-14,20-21,29-30H,7-8,15-19,23-25H2,1-3H3,(H2,40,41)/b28-21+/t29-/m1/s1. The van der Waals surface area contributed by atoms with E-state index in [0.717, 1.165) is 91.5 Å². The molecule has 3 aliphatic rings. The highest BCUT2D eigenvalue weighted by Gasteiger charge is 2.35. The van der Waals surface area contributed by atoms with Gasteiger partial charge in [0.25, 0.3) is 5.91 Å². The second kappa shape index (κ2) is 13.6. The number of nitriles is 1. The van der Waals surface area contributed by atoms with Crippen molar-refractivity contribution in [1.82, 2.24) is 29.5 Å². The number of hydrogen-bond acceptors (Lipinski definition) is 9. The SMILES string of the molecule is Cc1cc(-c2nn([C@@H]3CCCN(C(=O)/C(C#N)=C/C(C)(C)N4CCN(C5COC5)CC4)C3)c3ccnc(N)c23)ccc1Oc1ccccc1. The minimum Gasteiger partial charge on any atom is -0.457 e. The van der Waals surface area contributed by atoms with Gasteiger partial charge in [-0.1, -0.05) is 18.2 Å². The van der Waals surface area contributed by atoms with Gasteiger partial charge in [-0.25, -0.2) is 4.98 Å². The second-order valence-electron chi connectivity index (χ2n) is 13.9. The normalized spacial score (nSPS) is 19.8. The van der Waals surface area contributed by atoms with E-state index in [1.165, 1.54) is 0 Å². The fourth-order valence-corrected chi connectivity index (χ4v) is 7.31. The summed E-state index contributed by atoms with van der Waals surface area (Å²) in [6, 6.07) is 20.3. The van der Waals surface area contributed by atoms with Gasteiger partial charge in [-0.15, -0.1) is 0 Å². The number of likely N-dealkylation sites (tertiary alicyclic amines) is 1. The van der Waals surface area contributed by atoms with E-state index in [0.29, 0.717) is 24.9 Å². The van der Waals surface area contributed by atoms with Crippen molar-refractivity contribution >= 4 is 22.6 Å². The van der Waals surface area contributed by atoms with Crippen molar-refractivity contribution < 1.29 is 14.3 Å². The average molecular weight is 661 g/mol. The molecule has 0 aliphatic carbocycles. The lowest BCUT2D eigenvalue weighted by molar-refractivity contribution is -0.128. The maximum atomic E-state index is 13.9.